The van der Waals surface area contributed by atoms with Gasteiger partial charge in [0.25, 0.3) is 0 Å². The summed E-state index contributed by atoms with van der Waals surface area (Å²) in [6.45, 7) is 6.37. The molecule has 0 radical (unpaired) electrons. The Bertz CT molecular complexity index is 934. The number of anilines is 2. The van der Waals surface area contributed by atoms with Gasteiger partial charge in [0.15, 0.2) is 17.9 Å². The Kier molecular flexibility index (Phi) is 4.56. The lowest BCUT2D eigenvalue weighted by molar-refractivity contribution is -0.0445. The molecule has 0 saturated carbocycles. The Morgan fingerprint density at radius 3 is 2.52 bits per heavy atom. The number of halogens is 1. The molecule has 5 rings (SSSR count). The van der Waals surface area contributed by atoms with E-state index < -0.39 is 18.2 Å². The highest BCUT2D eigenvalue weighted by Crippen LogP contribution is 2.42. The van der Waals surface area contributed by atoms with Crippen LogP contribution in [0.25, 0.3) is 11.0 Å². The topological polar surface area (TPSA) is 86.5 Å². The zero-order valence-electron chi connectivity index (χ0n) is 16.2. The fourth-order valence-electron chi connectivity index (χ4n) is 4.22. The second-order valence-corrected chi connectivity index (χ2v) is 7.51. The van der Waals surface area contributed by atoms with Crippen molar-refractivity contribution in [2.24, 2.45) is 0 Å². The zero-order chi connectivity index (χ0) is 20.1. The summed E-state index contributed by atoms with van der Waals surface area (Å²) in [6, 6.07) is 1.74. The second-order valence-electron chi connectivity index (χ2n) is 7.51. The third-order valence-corrected chi connectivity index (χ3v) is 5.32. The summed E-state index contributed by atoms with van der Waals surface area (Å²) >= 11 is 0. The molecule has 9 nitrogen and oxygen atoms in total. The summed E-state index contributed by atoms with van der Waals surface area (Å²) in [6.07, 6.45) is -1.35. The van der Waals surface area contributed by atoms with Crippen LogP contribution in [0, 0.1) is 5.82 Å². The van der Waals surface area contributed by atoms with Gasteiger partial charge in [-0.25, -0.2) is 9.18 Å². The minimum Gasteiger partial charge on any atom is -0.447 e. The number of cyclic esters (lactones) is 1. The summed E-state index contributed by atoms with van der Waals surface area (Å²) in [5.74, 6) is -0.319. The van der Waals surface area contributed by atoms with Gasteiger partial charge in [0.05, 0.1) is 43.0 Å². The molecule has 0 unspecified atom stereocenters. The van der Waals surface area contributed by atoms with Gasteiger partial charge in [-0.3, -0.25) is 4.90 Å². The van der Waals surface area contributed by atoms with E-state index in [-0.39, 0.29) is 30.2 Å². The molecular formula is C19H22FN3O6. The average Bonchev–Trinajstić information content (AvgIpc) is 3.40. The van der Waals surface area contributed by atoms with Crippen LogP contribution in [0.3, 0.4) is 0 Å². The van der Waals surface area contributed by atoms with E-state index in [0.717, 1.165) is 0 Å². The van der Waals surface area contributed by atoms with Gasteiger partial charge in [0.2, 0.25) is 5.58 Å². The highest BCUT2D eigenvalue weighted by Gasteiger charge is 2.35. The van der Waals surface area contributed by atoms with E-state index in [1.165, 1.54) is 4.90 Å². The van der Waals surface area contributed by atoms with Crippen LogP contribution in [0.5, 0.6) is 0 Å². The van der Waals surface area contributed by atoms with Crippen molar-refractivity contribution >= 4 is 28.6 Å². The van der Waals surface area contributed by atoms with Crippen molar-refractivity contribution in [3.8, 4) is 0 Å². The molecule has 156 valence electrons. The number of hydrogen-bond acceptors (Lipinski definition) is 8. The minimum absolute atomic E-state index is 0.0109. The van der Waals surface area contributed by atoms with Crippen molar-refractivity contribution in [1.29, 1.82) is 0 Å². The summed E-state index contributed by atoms with van der Waals surface area (Å²) in [7, 11) is 0. The molecule has 3 fully saturated rings. The van der Waals surface area contributed by atoms with Crippen molar-refractivity contribution < 1.29 is 32.7 Å². The normalized spacial score (nSPS) is 26.0. The molecule has 4 heterocycles. The average molecular weight is 407 g/mol. The number of hydrogen-bond donors (Lipinski definition) is 0. The maximum absolute atomic E-state index is 15.8. The van der Waals surface area contributed by atoms with Crippen molar-refractivity contribution in [3.63, 3.8) is 0 Å². The zero-order valence-corrected chi connectivity index (χ0v) is 16.2. The number of carbonyl (C=O) groups excluding carboxylic acids is 1. The predicted octanol–water partition coefficient (Wildman–Crippen LogP) is 2.58. The number of morpholine rings is 1. The van der Waals surface area contributed by atoms with E-state index in [4.69, 9.17) is 23.5 Å². The fourth-order valence-corrected chi connectivity index (χ4v) is 4.22. The second kappa shape index (κ2) is 7.12. The monoisotopic (exact) mass is 407 g/mol. The molecule has 0 aliphatic carbocycles. The van der Waals surface area contributed by atoms with Gasteiger partial charge in [-0.2, -0.15) is 0 Å². The number of ether oxygens (including phenoxy) is 4. The first kappa shape index (κ1) is 18.6. The molecule has 1 amide bonds. The van der Waals surface area contributed by atoms with Gasteiger partial charge in [-0.05, 0) is 19.9 Å². The number of fused-ring (bicyclic) bond motifs is 1. The minimum atomic E-state index is -0.703. The lowest BCUT2D eigenvalue weighted by Crippen LogP contribution is -2.46. The lowest BCUT2D eigenvalue weighted by atomic mass is 10.1. The smallest absolute Gasteiger partial charge is 0.415 e. The van der Waals surface area contributed by atoms with Crippen LogP contribution in [0.2, 0.25) is 0 Å². The number of benzene rings is 1. The molecule has 0 N–H and O–H groups in total. The predicted molar refractivity (Wildman–Crippen MR) is 99.5 cm³/mol. The fraction of sp³-hybridized carbons (Fsp3) is 0.579. The lowest BCUT2D eigenvalue weighted by Gasteiger charge is -2.38. The Hall–Kier alpha value is -2.43. The number of aromatic nitrogens is 1. The van der Waals surface area contributed by atoms with Gasteiger partial charge in [-0.15, -0.1) is 0 Å². The summed E-state index contributed by atoms with van der Waals surface area (Å²) < 4.78 is 43.2. The molecule has 10 heteroatoms. The van der Waals surface area contributed by atoms with E-state index in [9.17, 15) is 4.79 Å². The Morgan fingerprint density at radius 2 is 1.86 bits per heavy atom. The highest BCUT2D eigenvalue weighted by molar-refractivity contribution is 6.00. The molecule has 2 aromatic rings. The third kappa shape index (κ3) is 3.11. The molecular weight excluding hydrogens is 385 g/mol. The van der Waals surface area contributed by atoms with E-state index in [2.05, 4.69) is 5.16 Å². The van der Waals surface area contributed by atoms with Gasteiger partial charge in [-0.1, -0.05) is 5.16 Å². The first-order chi connectivity index (χ1) is 14.0. The standard InChI is InChI=1S/C19H22FN3O6/c1-10-8-22(9-11(2)28-10)15-12(18-25-5-6-26-18)7-13-16(14(15)20)29-21-17(13)23-3-4-27-19(23)24/h7,10-11,18H,3-6,8-9H2,1-2H3/t10-,11-/m1/s1. The Morgan fingerprint density at radius 1 is 1.14 bits per heavy atom. The van der Waals surface area contributed by atoms with Crippen LogP contribution in [-0.4, -0.2) is 62.9 Å². The van der Waals surface area contributed by atoms with Crippen LogP contribution >= 0.6 is 0 Å². The molecule has 0 bridgehead atoms. The first-order valence-corrected chi connectivity index (χ1v) is 9.72. The van der Waals surface area contributed by atoms with E-state index in [1.54, 1.807) is 6.07 Å². The number of carbonyl (C=O) groups is 1. The van der Waals surface area contributed by atoms with Gasteiger partial charge in [0.1, 0.15) is 6.61 Å². The van der Waals surface area contributed by atoms with Gasteiger partial charge in [0, 0.05) is 18.7 Å². The van der Waals surface area contributed by atoms with E-state index in [1.807, 2.05) is 18.7 Å². The maximum atomic E-state index is 15.8. The quantitative estimate of drug-likeness (QED) is 0.768. The Balaban J connectivity index is 1.66. The van der Waals surface area contributed by atoms with Crippen LogP contribution in [-0.2, 0) is 18.9 Å². The third-order valence-electron chi connectivity index (χ3n) is 5.32. The van der Waals surface area contributed by atoms with Crippen LogP contribution in [0.4, 0.5) is 20.7 Å². The van der Waals surface area contributed by atoms with Gasteiger partial charge < -0.3 is 28.4 Å². The molecule has 0 spiro atoms. The summed E-state index contributed by atoms with van der Waals surface area (Å²) in [4.78, 5) is 15.3. The molecule has 3 aliphatic rings. The van der Waals surface area contributed by atoms with Gasteiger partial charge >= 0.3 is 6.09 Å². The molecule has 3 aliphatic heterocycles. The largest absolute Gasteiger partial charge is 0.447 e. The van der Waals surface area contributed by atoms with E-state index >= 15 is 4.39 Å². The Labute approximate surface area is 166 Å². The van der Waals surface area contributed by atoms with Crippen molar-refractivity contribution in [2.75, 3.05) is 49.3 Å². The van der Waals surface area contributed by atoms with Crippen LogP contribution in [0.1, 0.15) is 25.7 Å². The van der Waals surface area contributed by atoms with Crippen LogP contribution in [0.15, 0.2) is 10.6 Å². The molecule has 2 atom stereocenters. The van der Waals surface area contributed by atoms with Crippen molar-refractivity contribution in [3.05, 3.63) is 17.4 Å². The molecule has 29 heavy (non-hydrogen) atoms. The highest BCUT2D eigenvalue weighted by atomic mass is 19.1. The molecule has 3 saturated heterocycles. The summed E-state index contributed by atoms with van der Waals surface area (Å²) in [5.41, 5.74) is 0.896. The summed E-state index contributed by atoms with van der Waals surface area (Å²) in [5, 5.41) is 4.34. The first-order valence-electron chi connectivity index (χ1n) is 9.72. The van der Waals surface area contributed by atoms with Crippen LogP contribution < -0.4 is 9.80 Å². The molecule has 1 aromatic heterocycles. The SMILES string of the molecule is C[C@@H]1CN(c2c(C3OCCO3)cc3c(N4CCOC4=O)noc3c2F)C[C@@H](C)O1. The number of amides is 1. The van der Waals surface area contributed by atoms with E-state index in [0.29, 0.717) is 49.5 Å². The number of nitrogens with zero attached hydrogens (tertiary/aromatic N) is 3. The van der Waals surface area contributed by atoms with Crippen molar-refractivity contribution in [1.82, 2.24) is 5.16 Å². The molecule has 1 aromatic carbocycles. The number of rotatable bonds is 3. The van der Waals surface area contributed by atoms with Crippen molar-refractivity contribution in [2.45, 2.75) is 32.3 Å². The maximum Gasteiger partial charge on any atom is 0.415 e.